The van der Waals surface area contributed by atoms with E-state index in [-0.39, 0.29) is 5.97 Å². The molecule has 1 aliphatic rings. The van der Waals surface area contributed by atoms with E-state index in [0.29, 0.717) is 6.54 Å². The van der Waals surface area contributed by atoms with Crippen LogP contribution < -0.4 is 0 Å². The molecule has 0 fully saturated rings. The van der Waals surface area contributed by atoms with Crippen molar-refractivity contribution in [2.24, 2.45) is 0 Å². The number of amides is 1. The minimum Gasteiger partial charge on any atom is -0.468 e. The van der Waals surface area contributed by atoms with Crippen molar-refractivity contribution in [1.29, 1.82) is 0 Å². The normalized spacial score (nSPS) is 18.8. The zero-order chi connectivity index (χ0) is 17.7. The number of nitrogens with zero attached hydrogens (tertiary/aromatic N) is 1. The first-order chi connectivity index (χ1) is 11.3. The lowest BCUT2D eigenvalue weighted by atomic mass is 9.88. The molecule has 1 aromatic carbocycles. The molecule has 0 bridgehead atoms. The van der Waals surface area contributed by atoms with Gasteiger partial charge >= 0.3 is 12.1 Å². The molecule has 5 nitrogen and oxygen atoms in total. The van der Waals surface area contributed by atoms with Crippen molar-refractivity contribution >= 4 is 12.1 Å². The minimum absolute atomic E-state index is 0.369. The molecular weight excluding hydrogens is 306 g/mol. The predicted molar refractivity (Wildman–Crippen MR) is 91.7 cm³/mol. The number of rotatable bonds is 3. The number of carbonyl (C=O) groups is 2. The molecule has 0 N–H and O–H groups in total. The zero-order valence-corrected chi connectivity index (χ0v) is 14.7. The third-order valence-corrected chi connectivity index (χ3v) is 3.81. The van der Waals surface area contributed by atoms with Crippen LogP contribution in [0.5, 0.6) is 0 Å². The van der Waals surface area contributed by atoms with Crippen LogP contribution in [0.15, 0.2) is 42.5 Å². The van der Waals surface area contributed by atoms with Crippen molar-refractivity contribution in [3.05, 3.63) is 48.0 Å². The molecule has 130 valence electrons. The van der Waals surface area contributed by atoms with E-state index in [1.807, 2.05) is 63.3 Å². The summed E-state index contributed by atoms with van der Waals surface area (Å²) >= 11 is 0. The number of carbonyl (C=O) groups excluding carboxylic acids is 2. The van der Waals surface area contributed by atoms with Crippen molar-refractivity contribution in [3.8, 4) is 0 Å². The number of esters is 1. The van der Waals surface area contributed by atoms with Gasteiger partial charge in [-0.2, -0.15) is 0 Å². The van der Waals surface area contributed by atoms with Gasteiger partial charge in [-0.25, -0.2) is 4.79 Å². The highest BCUT2D eigenvalue weighted by molar-refractivity contribution is 5.81. The Bertz CT molecular complexity index is 604. The summed E-state index contributed by atoms with van der Waals surface area (Å²) < 4.78 is 10.5. The summed E-state index contributed by atoms with van der Waals surface area (Å²) in [7, 11) is 1.36. The van der Waals surface area contributed by atoms with Gasteiger partial charge in [0.25, 0.3) is 0 Å². The highest BCUT2D eigenvalue weighted by atomic mass is 16.6. The van der Waals surface area contributed by atoms with Crippen LogP contribution in [0.1, 0.15) is 38.7 Å². The van der Waals surface area contributed by atoms with E-state index in [0.717, 1.165) is 12.0 Å². The molecule has 0 saturated carbocycles. The summed E-state index contributed by atoms with van der Waals surface area (Å²) in [6, 6.07) is 8.95. The van der Waals surface area contributed by atoms with Crippen molar-refractivity contribution in [2.45, 2.75) is 44.8 Å². The average molecular weight is 331 g/mol. The summed E-state index contributed by atoms with van der Waals surface area (Å²) in [5.41, 5.74) is 0.227. The van der Waals surface area contributed by atoms with Crippen LogP contribution in [0.2, 0.25) is 0 Å². The monoisotopic (exact) mass is 331 g/mol. The first kappa shape index (κ1) is 18.0. The lowest BCUT2D eigenvalue weighted by Crippen LogP contribution is -2.48. The molecule has 0 radical (unpaired) electrons. The largest absolute Gasteiger partial charge is 0.468 e. The molecule has 1 heterocycles. The summed E-state index contributed by atoms with van der Waals surface area (Å²) in [5.74, 6) is -0.952. The van der Waals surface area contributed by atoms with Crippen LogP contribution in [0.4, 0.5) is 4.79 Å². The molecule has 1 amide bonds. The molecule has 1 aliphatic heterocycles. The van der Waals surface area contributed by atoms with Crippen LogP contribution >= 0.6 is 0 Å². The molecule has 1 aromatic rings. The van der Waals surface area contributed by atoms with Gasteiger partial charge in [-0.15, -0.1) is 0 Å². The maximum absolute atomic E-state index is 12.6. The van der Waals surface area contributed by atoms with Gasteiger partial charge in [-0.3, -0.25) is 4.79 Å². The van der Waals surface area contributed by atoms with E-state index in [1.165, 1.54) is 7.11 Å². The van der Waals surface area contributed by atoms with E-state index in [4.69, 9.17) is 9.47 Å². The van der Waals surface area contributed by atoms with Crippen molar-refractivity contribution in [2.75, 3.05) is 13.7 Å². The van der Waals surface area contributed by atoms with E-state index in [2.05, 4.69) is 0 Å². The molecule has 0 aliphatic carbocycles. The number of ether oxygens (including phenoxy) is 2. The predicted octanol–water partition coefficient (Wildman–Crippen LogP) is 3.51. The first-order valence-corrected chi connectivity index (χ1v) is 8.12. The molecule has 24 heavy (non-hydrogen) atoms. The molecule has 5 heteroatoms. The number of methoxy groups -OCH3 is 1. The van der Waals surface area contributed by atoms with Crippen LogP contribution in [0.3, 0.4) is 0 Å². The van der Waals surface area contributed by atoms with Gasteiger partial charge in [0.1, 0.15) is 11.5 Å². The van der Waals surface area contributed by atoms with Gasteiger partial charge in [-0.05, 0) is 32.8 Å². The zero-order valence-electron chi connectivity index (χ0n) is 14.7. The van der Waals surface area contributed by atoms with Crippen molar-refractivity contribution < 1.29 is 19.1 Å². The van der Waals surface area contributed by atoms with Gasteiger partial charge in [0.05, 0.1) is 13.2 Å². The Morgan fingerprint density at radius 3 is 2.46 bits per heavy atom. The third-order valence-electron chi connectivity index (χ3n) is 3.81. The molecule has 0 aromatic heterocycles. The summed E-state index contributed by atoms with van der Waals surface area (Å²) in [6.45, 7) is 5.99. The Hall–Kier alpha value is -2.30. The fourth-order valence-corrected chi connectivity index (χ4v) is 2.79. The number of hydrogen-bond donors (Lipinski definition) is 0. The molecule has 2 rings (SSSR count). The summed E-state index contributed by atoms with van der Waals surface area (Å²) in [5, 5.41) is 0. The van der Waals surface area contributed by atoms with Crippen LogP contribution in [0, 0.1) is 0 Å². The molecule has 2 atom stereocenters. The maximum Gasteiger partial charge on any atom is 0.410 e. The van der Waals surface area contributed by atoms with E-state index in [9.17, 15) is 9.59 Å². The first-order valence-electron chi connectivity index (χ1n) is 8.12. The third kappa shape index (κ3) is 4.37. The average Bonchev–Trinajstić information content (AvgIpc) is 2.54. The SMILES string of the molecule is COC(=O)C(c1ccccc1)C1C=CCCN1C(=O)OC(C)(C)C. The fourth-order valence-electron chi connectivity index (χ4n) is 2.79. The Labute approximate surface area is 143 Å². The lowest BCUT2D eigenvalue weighted by molar-refractivity contribution is -0.143. The summed E-state index contributed by atoms with van der Waals surface area (Å²) in [4.78, 5) is 26.6. The molecule has 0 saturated heterocycles. The highest BCUT2D eigenvalue weighted by Crippen LogP contribution is 2.29. The Balaban J connectivity index is 2.35. The van der Waals surface area contributed by atoms with E-state index in [1.54, 1.807) is 4.90 Å². The maximum atomic E-state index is 12.6. The highest BCUT2D eigenvalue weighted by Gasteiger charge is 2.38. The lowest BCUT2D eigenvalue weighted by Gasteiger charge is -2.37. The van der Waals surface area contributed by atoms with E-state index >= 15 is 0 Å². The van der Waals surface area contributed by atoms with Crippen molar-refractivity contribution in [1.82, 2.24) is 4.90 Å². The van der Waals surface area contributed by atoms with Crippen LogP contribution in [-0.4, -0.2) is 42.3 Å². The molecule has 0 spiro atoms. The standard InChI is InChI=1S/C19H25NO4/c1-19(2,3)24-18(22)20-13-9-8-12-15(20)16(17(21)23-4)14-10-6-5-7-11-14/h5-8,10-12,15-16H,9,13H2,1-4H3. The topological polar surface area (TPSA) is 55.8 Å². The summed E-state index contributed by atoms with van der Waals surface area (Å²) in [6.07, 6.45) is 4.20. The van der Waals surface area contributed by atoms with Gasteiger partial charge in [-0.1, -0.05) is 42.5 Å². The number of benzene rings is 1. The number of hydrogen-bond acceptors (Lipinski definition) is 4. The van der Waals surface area contributed by atoms with Crippen molar-refractivity contribution in [3.63, 3.8) is 0 Å². The Morgan fingerprint density at radius 1 is 1.21 bits per heavy atom. The Morgan fingerprint density at radius 2 is 1.88 bits per heavy atom. The second kappa shape index (κ2) is 7.51. The fraction of sp³-hybridized carbons (Fsp3) is 0.474. The van der Waals surface area contributed by atoms with Gasteiger partial charge in [0, 0.05) is 6.54 Å². The van der Waals surface area contributed by atoms with Gasteiger partial charge in [0.2, 0.25) is 0 Å². The van der Waals surface area contributed by atoms with Gasteiger partial charge in [0.15, 0.2) is 0 Å². The second-order valence-electron chi connectivity index (χ2n) is 6.79. The van der Waals surface area contributed by atoms with Crippen LogP contribution in [0.25, 0.3) is 0 Å². The minimum atomic E-state index is -0.587. The van der Waals surface area contributed by atoms with E-state index < -0.39 is 23.7 Å². The van der Waals surface area contributed by atoms with Crippen LogP contribution in [-0.2, 0) is 14.3 Å². The smallest absolute Gasteiger partial charge is 0.410 e. The quantitative estimate of drug-likeness (QED) is 0.628. The Kier molecular flexibility index (Phi) is 5.65. The van der Waals surface area contributed by atoms with Gasteiger partial charge < -0.3 is 14.4 Å². The second-order valence-corrected chi connectivity index (χ2v) is 6.79. The molecular formula is C19H25NO4. The molecule has 2 unspecified atom stereocenters.